The Balaban J connectivity index is 1.57. The van der Waals surface area contributed by atoms with Crippen LogP contribution in [0.15, 0.2) is 102 Å². The van der Waals surface area contributed by atoms with Crippen LogP contribution in [0.5, 0.6) is 0 Å². The van der Waals surface area contributed by atoms with E-state index in [0.717, 1.165) is 4.47 Å². The highest BCUT2D eigenvalue weighted by Crippen LogP contribution is 2.40. The molecule has 5 aromatic carbocycles. The lowest BCUT2D eigenvalue weighted by molar-refractivity contribution is 0.590. The normalized spacial score (nSPS) is 12.8. The zero-order chi connectivity index (χ0) is 29.6. The van der Waals surface area contributed by atoms with Crippen LogP contribution in [0.1, 0.15) is 58.2 Å². The Kier molecular flexibility index (Phi) is 6.01. The van der Waals surface area contributed by atoms with Crippen molar-refractivity contribution in [3.8, 4) is 11.4 Å². The SMILES string of the molecule is Cc1ccc(-n2c3cc(Br)ccc3c3ccc(-n4c5ccc(C(C)(C)C)cc5c5cc(C(C)(C)C)ccc54)cc32)cc1. The fraction of sp³-hybridized carbons (Fsp3) is 0.231. The van der Waals surface area contributed by atoms with Crippen molar-refractivity contribution in [2.75, 3.05) is 0 Å². The number of hydrogen-bond acceptors (Lipinski definition) is 0. The summed E-state index contributed by atoms with van der Waals surface area (Å²) < 4.78 is 5.94. The van der Waals surface area contributed by atoms with E-state index < -0.39 is 0 Å². The van der Waals surface area contributed by atoms with Crippen molar-refractivity contribution in [1.29, 1.82) is 0 Å². The van der Waals surface area contributed by atoms with Gasteiger partial charge in [0, 0.05) is 37.4 Å². The van der Waals surface area contributed by atoms with E-state index >= 15 is 0 Å². The van der Waals surface area contributed by atoms with Gasteiger partial charge in [-0.1, -0.05) is 99.4 Å². The summed E-state index contributed by atoms with van der Waals surface area (Å²) in [5.74, 6) is 0. The van der Waals surface area contributed by atoms with Gasteiger partial charge >= 0.3 is 0 Å². The molecular formula is C39H37BrN2. The molecule has 0 spiro atoms. The van der Waals surface area contributed by atoms with Crippen molar-refractivity contribution < 1.29 is 0 Å². The lowest BCUT2D eigenvalue weighted by Crippen LogP contribution is -2.10. The van der Waals surface area contributed by atoms with Crippen LogP contribution in [-0.4, -0.2) is 9.13 Å². The Bertz CT molecular complexity index is 2090. The number of rotatable bonds is 2. The quantitative estimate of drug-likeness (QED) is 0.184. The van der Waals surface area contributed by atoms with Gasteiger partial charge in [0.15, 0.2) is 0 Å². The molecule has 3 heteroatoms. The Morgan fingerprint density at radius 2 is 0.929 bits per heavy atom. The molecule has 2 aromatic heterocycles. The van der Waals surface area contributed by atoms with Crippen molar-refractivity contribution in [2.24, 2.45) is 0 Å². The van der Waals surface area contributed by atoms with Crippen LogP contribution in [0.3, 0.4) is 0 Å². The van der Waals surface area contributed by atoms with E-state index in [2.05, 4.69) is 171 Å². The zero-order valence-corrected chi connectivity index (χ0v) is 27.1. The van der Waals surface area contributed by atoms with Gasteiger partial charge in [0.05, 0.1) is 22.1 Å². The third-order valence-electron chi connectivity index (χ3n) is 8.76. The van der Waals surface area contributed by atoms with Crippen molar-refractivity contribution in [3.05, 3.63) is 118 Å². The molecular weight excluding hydrogens is 576 g/mol. The van der Waals surface area contributed by atoms with Crippen molar-refractivity contribution >= 4 is 59.5 Å². The highest BCUT2D eigenvalue weighted by atomic mass is 79.9. The van der Waals surface area contributed by atoms with Gasteiger partial charge < -0.3 is 9.13 Å². The van der Waals surface area contributed by atoms with Gasteiger partial charge in [0.1, 0.15) is 0 Å². The van der Waals surface area contributed by atoms with E-state index in [1.807, 2.05) is 0 Å². The monoisotopic (exact) mass is 612 g/mol. The van der Waals surface area contributed by atoms with Gasteiger partial charge in [0.25, 0.3) is 0 Å². The van der Waals surface area contributed by atoms with Gasteiger partial charge in [-0.3, -0.25) is 0 Å². The van der Waals surface area contributed by atoms with Crippen LogP contribution < -0.4 is 0 Å². The maximum atomic E-state index is 3.73. The number of fused-ring (bicyclic) bond motifs is 6. The van der Waals surface area contributed by atoms with E-state index in [1.54, 1.807) is 0 Å². The first-order valence-electron chi connectivity index (χ1n) is 14.8. The molecule has 0 aliphatic carbocycles. The first-order valence-corrected chi connectivity index (χ1v) is 15.6. The molecule has 0 unspecified atom stereocenters. The molecule has 0 N–H and O–H groups in total. The third kappa shape index (κ3) is 4.29. The van der Waals surface area contributed by atoms with E-state index in [4.69, 9.17) is 0 Å². The van der Waals surface area contributed by atoms with Crippen molar-refractivity contribution in [3.63, 3.8) is 0 Å². The molecule has 0 saturated heterocycles. The summed E-state index contributed by atoms with van der Waals surface area (Å²) >= 11 is 3.73. The summed E-state index contributed by atoms with van der Waals surface area (Å²) in [7, 11) is 0. The second-order valence-corrected chi connectivity index (χ2v) is 14.7. The molecule has 2 heterocycles. The number of halogens is 1. The molecule has 0 fully saturated rings. The van der Waals surface area contributed by atoms with Crippen LogP contribution in [0.2, 0.25) is 0 Å². The summed E-state index contributed by atoms with van der Waals surface area (Å²) in [6.07, 6.45) is 0. The Hall–Kier alpha value is -3.82. The number of aryl methyl sites for hydroxylation is 1. The molecule has 210 valence electrons. The molecule has 42 heavy (non-hydrogen) atoms. The number of hydrogen-bond donors (Lipinski definition) is 0. The highest BCUT2D eigenvalue weighted by molar-refractivity contribution is 9.10. The predicted molar refractivity (Wildman–Crippen MR) is 185 cm³/mol. The molecule has 0 amide bonds. The highest BCUT2D eigenvalue weighted by Gasteiger charge is 2.21. The predicted octanol–water partition coefficient (Wildman–Crippen LogP) is 11.5. The maximum Gasteiger partial charge on any atom is 0.0561 e. The lowest BCUT2D eigenvalue weighted by atomic mass is 9.85. The van der Waals surface area contributed by atoms with Crippen LogP contribution in [0.4, 0.5) is 0 Å². The van der Waals surface area contributed by atoms with Crippen LogP contribution in [-0.2, 0) is 10.8 Å². The smallest absolute Gasteiger partial charge is 0.0561 e. The minimum atomic E-state index is 0.0758. The Morgan fingerprint density at radius 3 is 1.48 bits per heavy atom. The Morgan fingerprint density at radius 1 is 0.452 bits per heavy atom. The van der Waals surface area contributed by atoms with Crippen LogP contribution in [0.25, 0.3) is 55.0 Å². The van der Waals surface area contributed by atoms with Gasteiger partial charge in [-0.25, -0.2) is 0 Å². The van der Waals surface area contributed by atoms with E-state index in [9.17, 15) is 0 Å². The number of benzene rings is 5. The summed E-state index contributed by atoms with van der Waals surface area (Å²) in [5.41, 5.74) is 11.4. The number of aromatic nitrogens is 2. The van der Waals surface area contributed by atoms with Gasteiger partial charge in [0.2, 0.25) is 0 Å². The largest absolute Gasteiger partial charge is 0.309 e. The van der Waals surface area contributed by atoms with Crippen molar-refractivity contribution in [2.45, 2.75) is 59.3 Å². The van der Waals surface area contributed by atoms with Crippen LogP contribution >= 0.6 is 15.9 Å². The molecule has 0 aliphatic heterocycles. The minimum Gasteiger partial charge on any atom is -0.309 e. The summed E-state index contributed by atoms with van der Waals surface area (Å²) in [5, 5.41) is 5.14. The van der Waals surface area contributed by atoms with E-state index in [-0.39, 0.29) is 10.8 Å². The van der Waals surface area contributed by atoms with E-state index in [0.29, 0.717) is 0 Å². The molecule has 0 saturated carbocycles. The molecule has 0 bridgehead atoms. The summed E-state index contributed by atoms with van der Waals surface area (Å²) in [6, 6.07) is 36.5. The molecule has 7 aromatic rings. The molecule has 0 aliphatic rings. The standard InChI is InChI=1S/C39H37BrN2/c1-24-8-13-28(14-9-24)41-36-22-27(40)12-16-30(36)31-17-15-29(23-37(31)41)42-34-18-10-25(38(2,3)4)20-32(34)33-21-26(39(5,6)7)11-19-35(33)42/h8-23H,1-7H3. The topological polar surface area (TPSA) is 9.86 Å². The van der Waals surface area contributed by atoms with Crippen LogP contribution in [0, 0.1) is 6.92 Å². The van der Waals surface area contributed by atoms with Gasteiger partial charge in [-0.2, -0.15) is 0 Å². The van der Waals surface area contributed by atoms with E-state index in [1.165, 1.54) is 71.7 Å². The zero-order valence-electron chi connectivity index (χ0n) is 25.5. The molecule has 0 radical (unpaired) electrons. The Labute approximate surface area is 256 Å². The lowest BCUT2D eigenvalue weighted by Gasteiger charge is -2.19. The molecule has 7 rings (SSSR count). The first-order chi connectivity index (χ1) is 19.9. The summed E-state index contributed by atoms with van der Waals surface area (Å²) in [6.45, 7) is 15.9. The van der Waals surface area contributed by atoms with Gasteiger partial charge in [-0.05, 0) is 89.5 Å². The first kappa shape index (κ1) is 27.0. The second kappa shape index (κ2) is 9.34. The maximum absolute atomic E-state index is 3.73. The van der Waals surface area contributed by atoms with Gasteiger partial charge in [-0.15, -0.1) is 0 Å². The third-order valence-corrected chi connectivity index (χ3v) is 9.25. The molecule has 0 atom stereocenters. The fourth-order valence-electron chi connectivity index (χ4n) is 6.33. The average molecular weight is 614 g/mol. The second-order valence-electron chi connectivity index (χ2n) is 13.8. The van der Waals surface area contributed by atoms with Crippen molar-refractivity contribution in [1.82, 2.24) is 9.13 Å². The minimum absolute atomic E-state index is 0.0758. The average Bonchev–Trinajstić information content (AvgIpc) is 3.43. The molecule has 2 nitrogen and oxygen atoms in total. The fourth-order valence-corrected chi connectivity index (χ4v) is 6.67. The number of nitrogens with zero attached hydrogens (tertiary/aromatic N) is 2. The summed E-state index contributed by atoms with van der Waals surface area (Å²) in [4.78, 5) is 0.